The van der Waals surface area contributed by atoms with Crippen LogP contribution in [0, 0.1) is 0 Å². The Balaban J connectivity index is 3.19. The Bertz CT molecular complexity index is 187. The predicted octanol–water partition coefficient (Wildman–Crippen LogP) is 2.93. The monoisotopic (exact) mass is 277 g/mol. The van der Waals surface area contributed by atoms with Gasteiger partial charge < -0.3 is 15.9 Å². The standard InChI is InChI=1S/C15H32FNO2/c16-12-10-8-6-4-2-1-3-5-7-9-11-15(17,13-18)14-19/h18-19H,1-14,17H2. The molecule has 0 unspecified atom stereocenters. The summed E-state index contributed by atoms with van der Waals surface area (Å²) in [6.45, 7) is -0.477. The fourth-order valence-corrected chi connectivity index (χ4v) is 2.19. The number of hydrogen-bond donors (Lipinski definition) is 3. The van der Waals surface area contributed by atoms with Crippen LogP contribution in [0.3, 0.4) is 0 Å². The van der Waals surface area contributed by atoms with Crippen LogP contribution in [-0.4, -0.2) is 35.6 Å². The lowest BCUT2D eigenvalue weighted by molar-refractivity contribution is 0.112. The molecule has 0 atom stereocenters. The number of nitrogens with two attached hydrogens (primary N) is 1. The Morgan fingerprint density at radius 3 is 1.42 bits per heavy atom. The quantitative estimate of drug-likeness (QED) is 0.428. The maximum absolute atomic E-state index is 11.8. The second-order valence-electron chi connectivity index (χ2n) is 5.65. The first-order valence-electron chi connectivity index (χ1n) is 7.75. The molecule has 4 N–H and O–H groups in total. The number of aliphatic hydroxyl groups excluding tert-OH is 2. The Morgan fingerprint density at radius 1 is 0.684 bits per heavy atom. The lowest BCUT2D eigenvalue weighted by Crippen LogP contribution is -2.47. The first-order chi connectivity index (χ1) is 9.18. The minimum absolute atomic E-state index is 0.150. The average molecular weight is 277 g/mol. The highest BCUT2D eigenvalue weighted by atomic mass is 19.1. The van der Waals surface area contributed by atoms with Gasteiger partial charge in [0.15, 0.2) is 0 Å². The molecule has 0 aliphatic carbocycles. The zero-order valence-electron chi connectivity index (χ0n) is 12.2. The molecule has 0 heterocycles. The van der Waals surface area contributed by atoms with Crippen LogP contribution in [0.4, 0.5) is 4.39 Å². The highest BCUT2D eigenvalue weighted by molar-refractivity contribution is 4.81. The molecule has 0 radical (unpaired) electrons. The van der Waals surface area contributed by atoms with Crippen molar-refractivity contribution < 1.29 is 14.6 Å². The maximum Gasteiger partial charge on any atom is 0.0894 e. The van der Waals surface area contributed by atoms with Crippen LogP contribution in [0.2, 0.25) is 0 Å². The van der Waals surface area contributed by atoms with E-state index in [9.17, 15) is 4.39 Å². The Labute approximate surface area is 117 Å². The minimum Gasteiger partial charge on any atom is -0.394 e. The van der Waals surface area contributed by atoms with Crippen molar-refractivity contribution >= 4 is 0 Å². The second kappa shape index (κ2) is 12.8. The van der Waals surface area contributed by atoms with E-state index < -0.39 is 5.54 Å². The Hall–Kier alpha value is -0.190. The molecule has 4 heteroatoms. The van der Waals surface area contributed by atoms with Gasteiger partial charge in [0.2, 0.25) is 0 Å². The Morgan fingerprint density at radius 2 is 1.05 bits per heavy atom. The van der Waals surface area contributed by atoms with Gasteiger partial charge in [-0.3, -0.25) is 4.39 Å². The SMILES string of the molecule is NC(CO)(CO)CCCCCCCCCCCCF. The van der Waals surface area contributed by atoms with Crippen LogP contribution in [0.25, 0.3) is 0 Å². The molecule has 116 valence electrons. The van der Waals surface area contributed by atoms with Crippen LogP contribution >= 0.6 is 0 Å². The highest BCUT2D eigenvalue weighted by Crippen LogP contribution is 2.14. The molecule has 0 aliphatic rings. The highest BCUT2D eigenvalue weighted by Gasteiger charge is 2.21. The van der Waals surface area contributed by atoms with Crippen molar-refractivity contribution in [3.8, 4) is 0 Å². The molecule has 0 aromatic heterocycles. The third-order valence-corrected chi connectivity index (χ3v) is 3.69. The van der Waals surface area contributed by atoms with Crippen molar-refractivity contribution in [2.24, 2.45) is 5.73 Å². The van der Waals surface area contributed by atoms with Gasteiger partial charge in [0.1, 0.15) is 0 Å². The van der Waals surface area contributed by atoms with E-state index in [0.29, 0.717) is 6.42 Å². The van der Waals surface area contributed by atoms with Crippen molar-refractivity contribution in [2.75, 3.05) is 19.9 Å². The smallest absolute Gasteiger partial charge is 0.0894 e. The van der Waals surface area contributed by atoms with Crippen molar-refractivity contribution in [3.05, 3.63) is 0 Å². The predicted molar refractivity (Wildman–Crippen MR) is 77.9 cm³/mol. The van der Waals surface area contributed by atoms with Crippen LogP contribution in [0.5, 0.6) is 0 Å². The molecule has 0 aromatic rings. The molecular weight excluding hydrogens is 245 g/mol. The van der Waals surface area contributed by atoms with Crippen molar-refractivity contribution in [1.29, 1.82) is 0 Å². The van der Waals surface area contributed by atoms with E-state index in [-0.39, 0.29) is 19.9 Å². The molecule has 0 rings (SSSR count). The topological polar surface area (TPSA) is 66.5 Å². The van der Waals surface area contributed by atoms with Gasteiger partial charge in [0.25, 0.3) is 0 Å². The lowest BCUT2D eigenvalue weighted by Gasteiger charge is -2.24. The van der Waals surface area contributed by atoms with Gasteiger partial charge in [0, 0.05) is 0 Å². The summed E-state index contributed by atoms with van der Waals surface area (Å²) in [6.07, 6.45) is 11.8. The molecule has 3 nitrogen and oxygen atoms in total. The normalized spacial score (nSPS) is 12.0. The largest absolute Gasteiger partial charge is 0.394 e. The molecule has 0 saturated carbocycles. The molecular formula is C15H32FNO2. The summed E-state index contributed by atoms with van der Waals surface area (Å²) in [5, 5.41) is 18.1. The number of unbranched alkanes of at least 4 members (excludes halogenated alkanes) is 9. The Kier molecular flexibility index (Phi) is 12.7. The number of rotatable bonds is 14. The maximum atomic E-state index is 11.8. The van der Waals surface area contributed by atoms with Gasteiger partial charge >= 0.3 is 0 Å². The fraction of sp³-hybridized carbons (Fsp3) is 1.00. The van der Waals surface area contributed by atoms with Gasteiger partial charge in [-0.05, 0) is 12.8 Å². The van der Waals surface area contributed by atoms with Gasteiger partial charge in [-0.25, -0.2) is 0 Å². The van der Waals surface area contributed by atoms with Crippen molar-refractivity contribution in [2.45, 2.75) is 76.2 Å². The van der Waals surface area contributed by atoms with Gasteiger partial charge in [-0.1, -0.05) is 57.8 Å². The zero-order valence-corrected chi connectivity index (χ0v) is 12.2. The number of alkyl halides is 1. The van der Waals surface area contributed by atoms with E-state index in [1.165, 1.54) is 32.1 Å². The molecule has 0 aliphatic heterocycles. The van der Waals surface area contributed by atoms with Gasteiger partial charge in [-0.15, -0.1) is 0 Å². The summed E-state index contributed by atoms with van der Waals surface area (Å²) < 4.78 is 11.8. The van der Waals surface area contributed by atoms with Crippen LogP contribution in [0.1, 0.15) is 70.6 Å². The molecule has 0 bridgehead atoms. The van der Waals surface area contributed by atoms with E-state index in [2.05, 4.69) is 0 Å². The van der Waals surface area contributed by atoms with Crippen LogP contribution in [-0.2, 0) is 0 Å². The number of aliphatic hydroxyl groups is 2. The summed E-state index contributed by atoms with van der Waals surface area (Å²) in [5.74, 6) is 0. The van der Waals surface area contributed by atoms with Crippen LogP contribution < -0.4 is 5.73 Å². The number of hydrogen-bond acceptors (Lipinski definition) is 3. The third-order valence-electron chi connectivity index (χ3n) is 3.69. The molecule has 0 spiro atoms. The van der Waals surface area contributed by atoms with Crippen molar-refractivity contribution in [3.63, 3.8) is 0 Å². The van der Waals surface area contributed by atoms with E-state index in [1.807, 2.05) is 0 Å². The van der Waals surface area contributed by atoms with E-state index in [0.717, 1.165) is 32.1 Å². The minimum atomic E-state index is -0.795. The summed E-state index contributed by atoms with van der Waals surface area (Å²) in [6, 6.07) is 0. The van der Waals surface area contributed by atoms with Gasteiger partial charge in [0.05, 0.1) is 25.4 Å². The van der Waals surface area contributed by atoms with E-state index in [4.69, 9.17) is 15.9 Å². The summed E-state index contributed by atoms with van der Waals surface area (Å²) >= 11 is 0. The zero-order chi connectivity index (χ0) is 14.4. The molecule has 0 amide bonds. The first kappa shape index (κ1) is 18.8. The van der Waals surface area contributed by atoms with Crippen molar-refractivity contribution in [1.82, 2.24) is 0 Å². The van der Waals surface area contributed by atoms with E-state index in [1.54, 1.807) is 0 Å². The van der Waals surface area contributed by atoms with E-state index >= 15 is 0 Å². The second-order valence-corrected chi connectivity index (χ2v) is 5.65. The van der Waals surface area contributed by atoms with Crippen LogP contribution in [0.15, 0.2) is 0 Å². The number of halogens is 1. The lowest BCUT2D eigenvalue weighted by atomic mass is 9.94. The molecule has 0 aromatic carbocycles. The average Bonchev–Trinajstić information content (AvgIpc) is 2.44. The summed E-state index contributed by atoms with van der Waals surface area (Å²) in [7, 11) is 0. The molecule has 19 heavy (non-hydrogen) atoms. The fourth-order valence-electron chi connectivity index (χ4n) is 2.19. The molecule has 0 saturated heterocycles. The summed E-state index contributed by atoms with van der Waals surface area (Å²) in [5.41, 5.74) is 5.00. The summed E-state index contributed by atoms with van der Waals surface area (Å²) in [4.78, 5) is 0. The van der Waals surface area contributed by atoms with Gasteiger partial charge in [-0.2, -0.15) is 0 Å². The molecule has 0 fully saturated rings. The third kappa shape index (κ3) is 11.3. The first-order valence-corrected chi connectivity index (χ1v) is 7.75.